The third kappa shape index (κ3) is 3.25. The molecular formula is C20H12F3N3O3. The molecule has 1 aliphatic heterocycles. The van der Waals surface area contributed by atoms with Gasteiger partial charge in [0.15, 0.2) is 5.88 Å². The van der Waals surface area contributed by atoms with Crippen molar-refractivity contribution in [3.05, 3.63) is 65.6 Å². The van der Waals surface area contributed by atoms with Crippen molar-refractivity contribution in [1.29, 1.82) is 0 Å². The van der Waals surface area contributed by atoms with Crippen LogP contribution in [0.5, 0.6) is 5.88 Å². The number of rotatable bonds is 2. The smallest absolute Gasteiger partial charge is 0.323 e. The number of benzene rings is 2. The minimum Gasteiger partial charge on any atom is -0.494 e. The van der Waals surface area contributed by atoms with E-state index in [1.165, 1.54) is 22.9 Å². The summed E-state index contributed by atoms with van der Waals surface area (Å²) in [5, 5.41) is 15.5. The molecule has 1 aliphatic rings. The third-order valence-corrected chi connectivity index (χ3v) is 4.51. The van der Waals surface area contributed by atoms with Gasteiger partial charge in [-0.25, -0.2) is 18.0 Å². The number of aromatic hydroxyl groups is 1. The quantitative estimate of drug-likeness (QED) is 0.457. The minimum absolute atomic E-state index is 0.177. The molecule has 0 aliphatic carbocycles. The Balaban J connectivity index is 1.78. The second-order valence-corrected chi connectivity index (χ2v) is 6.50. The lowest BCUT2D eigenvalue weighted by molar-refractivity contribution is -0.122. The molecule has 3 aromatic rings. The van der Waals surface area contributed by atoms with E-state index in [0.29, 0.717) is 11.5 Å². The van der Waals surface area contributed by atoms with Gasteiger partial charge in [0.05, 0.1) is 12.1 Å². The fourth-order valence-corrected chi connectivity index (χ4v) is 3.09. The topological polar surface area (TPSA) is 83.4 Å². The van der Waals surface area contributed by atoms with Crippen LogP contribution in [-0.2, 0) is 11.3 Å². The number of imide groups is 1. The van der Waals surface area contributed by atoms with Gasteiger partial charge in [-0.15, -0.1) is 0 Å². The number of fused-ring (bicyclic) bond motifs is 1. The second kappa shape index (κ2) is 6.60. The summed E-state index contributed by atoms with van der Waals surface area (Å²) >= 11 is 0. The lowest BCUT2D eigenvalue weighted by Gasteiger charge is -2.20. The zero-order valence-corrected chi connectivity index (χ0v) is 14.6. The van der Waals surface area contributed by atoms with Gasteiger partial charge in [0, 0.05) is 23.0 Å². The van der Waals surface area contributed by atoms with Gasteiger partial charge in [0.1, 0.15) is 17.5 Å². The number of carbonyl (C=O) groups excluding carboxylic acids is 2. The lowest BCUT2D eigenvalue weighted by Crippen LogP contribution is -2.49. The summed E-state index contributed by atoms with van der Waals surface area (Å²) in [4.78, 5) is 24.2. The van der Waals surface area contributed by atoms with Crippen LogP contribution in [0, 0.1) is 29.3 Å². The van der Waals surface area contributed by atoms with Crippen molar-refractivity contribution in [2.75, 3.05) is 0 Å². The highest BCUT2D eigenvalue weighted by molar-refractivity contribution is 6.09. The molecule has 2 heterocycles. The molecule has 29 heavy (non-hydrogen) atoms. The van der Waals surface area contributed by atoms with Crippen LogP contribution >= 0.6 is 0 Å². The van der Waals surface area contributed by atoms with Gasteiger partial charge in [0.25, 0.3) is 5.91 Å². The summed E-state index contributed by atoms with van der Waals surface area (Å²) in [7, 11) is 0. The average Bonchev–Trinajstić information content (AvgIpc) is 3.11. The number of carbonyl (C=O) groups is 2. The minimum atomic E-state index is -1.83. The zero-order chi connectivity index (χ0) is 20.8. The Bertz CT molecular complexity index is 1240. The fraction of sp³-hybridized carbons (Fsp3) is 0.100. The maximum absolute atomic E-state index is 13.9. The SMILES string of the molecule is O=C1NC(=O)[C@](C#Cc2ccc(F)cc2F)(Cn2cc3ccc(F)cc3c2O)N1. The van der Waals surface area contributed by atoms with Crippen LogP contribution in [0.1, 0.15) is 5.56 Å². The van der Waals surface area contributed by atoms with Gasteiger partial charge < -0.3 is 15.0 Å². The van der Waals surface area contributed by atoms with Gasteiger partial charge in [-0.3, -0.25) is 10.1 Å². The number of aromatic nitrogens is 1. The highest BCUT2D eigenvalue weighted by Crippen LogP contribution is 2.29. The molecule has 9 heteroatoms. The summed E-state index contributed by atoms with van der Waals surface area (Å²) in [6, 6.07) is 5.72. The molecule has 1 atom stereocenters. The van der Waals surface area contributed by atoms with E-state index < -0.39 is 34.9 Å². The summed E-state index contributed by atoms with van der Waals surface area (Å²) in [5.74, 6) is 1.55. The Hall–Kier alpha value is -3.93. The number of nitrogens with zero attached hydrogens (tertiary/aromatic N) is 1. The van der Waals surface area contributed by atoms with E-state index in [1.54, 1.807) is 0 Å². The Morgan fingerprint density at radius 3 is 2.48 bits per heavy atom. The molecular weight excluding hydrogens is 387 g/mol. The molecule has 1 saturated heterocycles. The van der Waals surface area contributed by atoms with Crippen LogP contribution in [0.15, 0.2) is 42.6 Å². The first-order valence-electron chi connectivity index (χ1n) is 8.37. The van der Waals surface area contributed by atoms with Crippen LogP contribution < -0.4 is 10.6 Å². The first-order chi connectivity index (χ1) is 13.8. The summed E-state index contributed by atoms with van der Waals surface area (Å²) in [6.07, 6.45) is 1.46. The monoisotopic (exact) mass is 399 g/mol. The Labute approximate surface area is 161 Å². The predicted molar refractivity (Wildman–Crippen MR) is 96.2 cm³/mol. The Morgan fingerprint density at radius 1 is 1.07 bits per heavy atom. The lowest BCUT2D eigenvalue weighted by atomic mass is 9.99. The predicted octanol–water partition coefficient (Wildman–Crippen LogP) is 2.39. The van der Waals surface area contributed by atoms with Gasteiger partial charge in [0.2, 0.25) is 5.54 Å². The average molecular weight is 399 g/mol. The highest BCUT2D eigenvalue weighted by atomic mass is 19.1. The Morgan fingerprint density at radius 2 is 1.79 bits per heavy atom. The van der Waals surface area contributed by atoms with Crippen LogP contribution in [0.4, 0.5) is 18.0 Å². The van der Waals surface area contributed by atoms with Gasteiger partial charge in [-0.1, -0.05) is 11.8 Å². The van der Waals surface area contributed by atoms with Crippen LogP contribution in [0.3, 0.4) is 0 Å². The number of nitrogens with one attached hydrogen (secondary N) is 2. The standard InChI is InChI=1S/C20H12F3N3O3/c21-13-4-2-12-9-26(17(27)15(12)7-13)10-20(18(28)24-19(29)25-20)6-5-11-1-3-14(22)8-16(11)23/h1-4,7-9,27H,10H2,(H2,24,25,28,29)/t20-/m0/s1. The molecule has 146 valence electrons. The van der Waals surface area contributed by atoms with E-state index in [2.05, 4.69) is 22.5 Å². The normalized spacial score (nSPS) is 18.3. The summed E-state index contributed by atoms with van der Waals surface area (Å²) < 4.78 is 41.6. The molecule has 3 amide bonds. The summed E-state index contributed by atoms with van der Waals surface area (Å²) in [5.41, 5.74) is -2.01. The van der Waals surface area contributed by atoms with Crippen molar-refractivity contribution in [3.63, 3.8) is 0 Å². The number of urea groups is 1. The van der Waals surface area contributed by atoms with E-state index in [0.717, 1.165) is 18.2 Å². The third-order valence-electron chi connectivity index (χ3n) is 4.51. The molecule has 2 aromatic carbocycles. The van der Waals surface area contributed by atoms with Crippen molar-refractivity contribution in [3.8, 4) is 17.7 Å². The van der Waals surface area contributed by atoms with Gasteiger partial charge in [-0.2, -0.15) is 0 Å². The van der Waals surface area contributed by atoms with Crippen molar-refractivity contribution < 1.29 is 27.9 Å². The maximum Gasteiger partial charge on any atom is 0.323 e. The molecule has 3 N–H and O–H groups in total. The molecule has 0 bridgehead atoms. The molecule has 6 nitrogen and oxygen atoms in total. The molecule has 0 saturated carbocycles. The number of halogens is 3. The van der Waals surface area contributed by atoms with Crippen molar-refractivity contribution >= 4 is 22.7 Å². The van der Waals surface area contributed by atoms with Crippen LogP contribution in [0.2, 0.25) is 0 Å². The second-order valence-electron chi connectivity index (χ2n) is 6.50. The largest absolute Gasteiger partial charge is 0.494 e. The van der Waals surface area contributed by atoms with Crippen molar-refractivity contribution in [2.45, 2.75) is 12.1 Å². The molecule has 4 rings (SSSR count). The first kappa shape index (κ1) is 18.4. The number of hydrogen-bond acceptors (Lipinski definition) is 3. The van der Waals surface area contributed by atoms with Gasteiger partial charge >= 0.3 is 6.03 Å². The maximum atomic E-state index is 13.9. The van der Waals surface area contributed by atoms with Crippen LogP contribution in [-0.4, -0.2) is 27.2 Å². The molecule has 0 radical (unpaired) electrons. The highest BCUT2D eigenvalue weighted by Gasteiger charge is 2.46. The van der Waals surface area contributed by atoms with Gasteiger partial charge in [-0.05, 0) is 30.3 Å². The first-order valence-corrected chi connectivity index (χ1v) is 8.37. The zero-order valence-electron chi connectivity index (χ0n) is 14.6. The van der Waals surface area contributed by atoms with E-state index in [4.69, 9.17) is 0 Å². The fourth-order valence-electron chi connectivity index (χ4n) is 3.09. The van der Waals surface area contributed by atoms with Crippen molar-refractivity contribution in [2.24, 2.45) is 0 Å². The van der Waals surface area contributed by atoms with Crippen molar-refractivity contribution in [1.82, 2.24) is 15.2 Å². The number of amides is 3. The molecule has 0 spiro atoms. The van der Waals surface area contributed by atoms with E-state index in [1.807, 2.05) is 0 Å². The van der Waals surface area contributed by atoms with E-state index in [9.17, 15) is 27.9 Å². The molecule has 0 unspecified atom stereocenters. The van der Waals surface area contributed by atoms with E-state index in [-0.39, 0.29) is 23.4 Å². The number of hydrogen-bond donors (Lipinski definition) is 3. The summed E-state index contributed by atoms with van der Waals surface area (Å²) in [6.45, 7) is -0.331. The van der Waals surface area contributed by atoms with Crippen LogP contribution in [0.25, 0.3) is 10.8 Å². The molecule has 1 aromatic heterocycles. The molecule has 1 fully saturated rings. The van der Waals surface area contributed by atoms with E-state index >= 15 is 0 Å². The Kier molecular flexibility index (Phi) is 4.19.